The fraction of sp³-hybridized carbons (Fsp3) is 0.688. The van der Waals surface area contributed by atoms with Crippen LogP contribution in [0, 0.1) is 0 Å². The number of carbonyl (C=O) groups is 3. The summed E-state index contributed by atoms with van der Waals surface area (Å²) in [6.07, 6.45) is -0.224. The number of nitrogens with one attached hydrogen (secondary N) is 1. The third-order valence-corrected chi connectivity index (χ3v) is 4.11. The maximum absolute atomic E-state index is 13.6. The SMILES string of the molecule is CCC(NC(=O)CCC(F)(F)CCC(N)=O)C(=O)c1nc(C2CC2)no1. The van der Waals surface area contributed by atoms with Gasteiger partial charge in [-0.25, -0.2) is 8.78 Å². The lowest BCUT2D eigenvalue weighted by molar-refractivity contribution is -0.124. The molecule has 1 unspecified atom stereocenters. The van der Waals surface area contributed by atoms with Gasteiger partial charge in [-0.3, -0.25) is 14.4 Å². The van der Waals surface area contributed by atoms with E-state index in [1.54, 1.807) is 6.92 Å². The Morgan fingerprint density at radius 3 is 2.54 bits per heavy atom. The summed E-state index contributed by atoms with van der Waals surface area (Å²) in [6, 6.07) is -0.922. The van der Waals surface area contributed by atoms with Gasteiger partial charge in [0.2, 0.25) is 23.5 Å². The van der Waals surface area contributed by atoms with Gasteiger partial charge < -0.3 is 15.6 Å². The zero-order valence-corrected chi connectivity index (χ0v) is 14.5. The van der Waals surface area contributed by atoms with Crippen LogP contribution in [0.15, 0.2) is 4.52 Å². The molecule has 2 rings (SSSR count). The molecule has 10 heteroatoms. The molecule has 1 atom stereocenters. The van der Waals surface area contributed by atoms with Crippen molar-refractivity contribution in [1.82, 2.24) is 15.5 Å². The molecule has 0 bridgehead atoms. The lowest BCUT2D eigenvalue weighted by atomic mass is 10.1. The van der Waals surface area contributed by atoms with E-state index in [0.717, 1.165) is 12.8 Å². The van der Waals surface area contributed by atoms with Crippen molar-refractivity contribution in [2.24, 2.45) is 5.73 Å². The first-order chi connectivity index (χ1) is 12.2. The monoisotopic (exact) mass is 372 g/mol. The van der Waals surface area contributed by atoms with Gasteiger partial charge in [0.1, 0.15) is 0 Å². The van der Waals surface area contributed by atoms with E-state index in [9.17, 15) is 23.2 Å². The van der Waals surface area contributed by atoms with Crippen LogP contribution in [0.4, 0.5) is 8.78 Å². The van der Waals surface area contributed by atoms with Crippen LogP contribution in [0.1, 0.15) is 74.3 Å². The Kier molecular flexibility index (Phi) is 6.38. The normalized spacial score (nSPS) is 15.5. The lowest BCUT2D eigenvalue weighted by Gasteiger charge is -2.17. The first-order valence-electron chi connectivity index (χ1n) is 8.55. The van der Waals surface area contributed by atoms with Crippen molar-refractivity contribution in [1.29, 1.82) is 0 Å². The highest BCUT2D eigenvalue weighted by Crippen LogP contribution is 2.38. The first kappa shape index (κ1) is 19.9. The smallest absolute Gasteiger partial charge is 0.296 e. The summed E-state index contributed by atoms with van der Waals surface area (Å²) in [6.45, 7) is 1.67. The zero-order chi connectivity index (χ0) is 19.3. The molecule has 8 nitrogen and oxygen atoms in total. The average molecular weight is 372 g/mol. The number of hydrogen-bond acceptors (Lipinski definition) is 6. The predicted octanol–water partition coefficient (Wildman–Crippen LogP) is 1.71. The number of carbonyl (C=O) groups excluding carboxylic acids is 3. The highest BCUT2D eigenvalue weighted by molar-refractivity contribution is 5.98. The highest BCUT2D eigenvalue weighted by Gasteiger charge is 2.33. The fourth-order valence-corrected chi connectivity index (χ4v) is 2.34. The summed E-state index contributed by atoms with van der Waals surface area (Å²) in [5.74, 6) is -4.72. The summed E-state index contributed by atoms with van der Waals surface area (Å²) in [5, 5.41) is 6.16. The quantitative estimate of drug-likeness (QED) is 0.569. The molecule has 1 aliphatic rings. The van der Waals surface area contributed by atoms with E-state index in [1.807, 2.05) is 0 Å². The van der Waals surface area contributed by atoms with E-state index in [4.69, 9.17) is 10.3 Å². The molecular weight excluding hydrogens is 350 g/mol. The number of alkyl halides is 2. The van der Waals surface area contributed by atoms with Crippen molar-refractivity contribution in [3.05, 3.63) is 11.7 Å². The van der Waals surface area contributed by atoms with Crippen molar-refractivity contribution in [2.45, 2.75) is 69.8 Å². The summed E-state index contributed by atoms with van der Waals surface area (Å²) in [5.41, 5.74) is 4.84. The summed E-state index contributed by atoms with van der Waals surface area (Å²) >= 11 is 0. The molecule has 1 aromatic rings. The number of halogens is 2. The van der Waals surface area contributed by atoms with Gasteiger partial charge in [-0.15, -0.1) is 0 Å². The summed E-state index contributed by atoms with van der Waals surface area (Å²) < 4.78 is 32.1. The highest BCUT2D eigenvalue weighted by atomic mass is 19.3. The maximum atomic E-state index is 13.6. The molecule has 1 aromatic heterocycles. The van der Waals surface area contributed by atoms with Crippen LogP contribution < -0.4 is 11.1 Å². The number of primary amides is 1. The molecule has 2 amide bonds. The van der Waals surface area contributed by atoms with Gasteiger partial charge >= 0.3 is 0 Å². The van der Waals surface area contributed by atoms with Gasteiger partial charge in [0, 0.05) is 31.6 Å². The van der Waals surface area contributed by atoms with Crippen molar-refractivity contribution >= 4 is 17.6 Å². The summed E-state index contributed by atoms with van der Waals surface area (Å²) in [7, 11) is 0. The number of hydrogen-bond donors (Lipinski definition) is 2. The molecule has 144 valence electrons. The maximum Gasteiger partial charge on any atom is 0.296 e. The molecule has 3 N–H and O–H groups in total. The molecule has 1 aliphatic carbocycles. The van der Waals surface area contributed by atoms with Gasteiger partial charge in [-0.1, -0.05) is 12.1 Å². The van der Waals surface area contributed by atoms with Crippen LogP contribution in [0.2, 0.25) is 0 Å². The Morgan fingerprint density at radius 2 is 1.96 bits per heavy atom. The van der Waals surface area contributed by atoms with E-state index in [1.165, 1.54) is 0 Å². The van der Waals surface area contributed by atoms with Gasteiger partial charge in [0.05, 0.1) is 6.04 Å². The van der Waals surface area contributed by atoms with Crippen molar-refractivity contribution in [2.75, 3.05) is 0 Å². The van der Waals surface area contributed by atoms with Crippen LogP contribution >= 0.6 is 0 Å². The number of Topliss-reactive ketones (excluding diaryl/α,β-unsaturated/α-hetero) is 1. The van der Waals surface area contributed by atoms with Crippen molar-refractivity contribution < 1.29 is 27.7 Å². The minimum Gasteiger partial charge on any atom is -0.370 e. The Bertz CT molecular complexity index is 673. The minimum atomic E-state index is -3.18. The Hall–Kier alpha value is -2.39. The largest absolute Gasteiger partial charge is 0.370 e. The zero-order valence-electron chi connectivity index (χ0n) is 14.5. The van der Waals surface area contributed by atoms with E-state index in [0.29, 0.717) is 5.82 Å². The number of aromatic nitrogens is 2. The molecule has 0 aliphatic heterocycles. The van der Waals surface area contributed by atoms with Crippen LogP contribution in [-0.2, 0) is 9.59 Å². The number of rotatable bonds is 11. The molecule has 1 saturated carbocycles. The lowest BCUT2D eigenvalue weighted by Crippen LogP contribution is -2.41. The number of nitrogens with two attached hydrogens (primary N) is 1. The van der Waals surface area contributed by atoms with Crippen molar-refractivity contribution in [3.8, 4) is 0 Å². The van der Waals surface area contributed by atoms with E-state index in [-0.39, 0.29) is 18.2 Å². The number of nitrogens with zero attached hydrogens (tertiary/aromatic N) is 2. The number of amides is 2. The first-order valence-corrected chi connectivity index (χ1v) is 8.55. The van der Waals surface area contributed by atoms with Crippen LogP contribution in [0.25, 0.3) is 0 Å². The van der Waals surface area contributed by atoms with Crippen LogP contribution in [0.3, 0.4) is 0 Å². The minimum absolute atomic E-state index is 0.189. The molecule has 0 spiro atoms. The molecule has 0 radical (unpaired) electrons. The topological polar surface area (TPSA) is 128 Å². The molecule has 26 heavy (non-hydrogen) atoms. The standard InChI is InChI=1S/C16H22F2N4O4/c1-2-10(13(25)15-21-14(22-26-15)9-3-4-9)20-12(24)6-8-16(17,18)7-5-11(19)23/h9-10H,2-8H2,1H3,(H2,19,23)(H,20,24). The molecule has 0 saturated heterocycles. The van der Waals surface area contributed by atoms with Gasteiger partial charge in [0.15, 0.2) is 5.82 Å². The predicted molar refractivity (Wildman–Crippen MR) is 85.4 cm³/mol. The molecule has 0 aromatic carbocycles. The third-order valence-electron chi connectivity index (χ3n) is 4.11. The van der Waals surface area contributed by atoms with E-state index < -0.39 is 55.2 Å². The second-order valence-electron chi connectivity index (χ2n) is 6.45. The second-order valence-corrected chi connectivity index (χ2v) is 6.45. The van der Waals surface area contributed by atoms with Crippen molar-refractivity contribution in [3.63, 3.8) is 0 Å². The van der Waals surface area contributed by atoms with Crippen LogP contribution in [-0.4, -0.2) is 39.7 Å². The molecular formula is C16H22F2N4O4. The van der Waals surface area contributed by atoms with E-state index in [2.05, 4.69) is 15.5 Å². The van der Waals surface area contributed by atoms with E-state index >= 15 is 0 Å². The molecule has 1 fully saturated rings. The fourth-order valence-electron chi connectivity index (χ4n) is 2.34. The van der Waals surface area contributed by atoms with Gasteiger partial charge in [-0.05, 0) is 19.3 Å². The Labute approximate surface area is 148 Å². The molecule has 1 heterocycles. The second kappa shape index (κ2) is 8.33. The van der Waals surface area contributed by atoms with Crippen LogP contribution in [0.5, 0.6) is 0 Å². The Balaban J connectivity index is 1.84. The summed E-state index contributed by atoms with van der Waals surface area (Å²) in [4.78, 5) is 38.8. The van der Waals surface area contributed by atoms with Gasteiger partial charge in [-0.2, -0.15) is 4.98 Å². The Morgan fingerprint density at radius 1 is 1.31 bits per heavy atom. The number of ketones is 1. The third kappa shape index (κ3) is 5.85. The average Bonchev–Trinajstić information content (AvgIpc) is 3.33. The van der Waals surface area contributed by atoms with Gasteiger partial charge in [0.25, 0.3) is 5.89 Å².